The molecule has 4 rings (SSSR count). The molecule has 0 saturated carbocycles. The Morgan fingerprint density at radius 2 is 1.75 bits per heavy atom. The molecule has 0 radical (unpaired) electrons. The minimum Gasteiger partial charge on any atom is -0.497 e. The Bertz CT molecular complexity index is 814. The van der Waals surface area contributed by atoms with Crippen molar-refractivity contribution in [3.8, 4) is 5.75 Å². The summed E-state index contributed by atoms with van der Waals surface area (Å²) < 4.78 is 5.23. The molecule has 2 aromatic carbocycles. The fourth-order valence-corrected chi connectivity index (χ4v) is 3.74. The molecule has 1 saturated heterocycles. The smallest absolute Gasteiger partial charge is 0.255 e. The van der Waals surface area contributed by atoms with Crippen molar-refractivity contribution in [1.82, 2.24) is 15.3 Å². The van der Waals surface area contributed by atoms with Crippen molar-refractivity contribution >= 4 is 11.6 Å². The highest BCUT2D eigenvalue weighted by Gasteiger charge is 2.28. The van der Waals surface area contributed by atoms with E-state index in [1.807, 2.05) is 42.6 Å². The molecule has 2 aromatic rings. The lowest BCUT2D eigenvalue weighted by atomic mass is 10.1. The molecular formula is C22H26N4O2. The van der Waals surface area contributed by atoms with Crippen LogP contribution in [0.25, 0.3) is 0 Å². The van der Waals surface area contributed by atoms with Crippen LogP contribution < -0.4 is 15.1 Å². The first-order chi connectivity index (χ1) is 13.7. The number of hydrogen-bond acceptors (Lipinski definition) is 5. The van der Waals surface area contributed by atoms with Crippen LogP contribution >= 0.6 is 0 Å². The van der Waals surface area contributed by atoms with Gasteiger partial charge in [-0.15, -0.1) is 0 Å². The predicted octanol–water partition coefficient (Wildman–Crippen LogP) is 2.42. The highest BCUT2D eigenvalue weighted by molar-refractivity contribution is 5.79. The van der Waals surface area contributed by atoms with E-state index in [1.54, 1.807) is 12.1 Å². The summed E-state index contributed by atoms with van der Waals surface area (Å²) in [4.78, 5) is 17.5. The van der Waals surface area contributed by atoms with Crippen LogP contribution in [-0.2, 0) is 4.79 Å². The first-order valence-electron chi connectivity index (χ1n) is 9.66. The number of hydrogen-bond donors (Lipinski definition) is 1. The third-order valence-corrected chi connectivity index (χ3v) is 5.35. The number of piperazine rings is 1. The maximum absolute atomic E-state index is 12.9. The normalized spacial score (nSPS) is 19.5. The van der Waals surface area contributed by atoms with E-state index in [0.29, 0.717) is 6.54 Å². The van der Waals surface area contributed by atoms with Gasteiger partial charge >= 0.3 is 0 Å². The summed E-state index contributed by atoms with van der Waals surface area (Å²) in [7, 11) is 1.68. The molecule has 1 N–H and O–H groups in total. The van der Waals surface area contributed by atoms with E-state index in [0.717, 1.165) is 37.5 Å². The van der Waals surface area contributed by atoms with E-state index in [2.05, 4.69) is 39.5 Å². The van der Waals surface area contributed by atoms with Crippen LogP contribution in [0.15, 0.2) is 66.9 Å². The topological polar surface area (TPSA) is 48.1 Å². The molecule has 0 unspecified atom stereocenters. The zero-order valence-electron chi connectivity index (χ0n) is 16.1. The van der Waals surface area contributed by atoms with Crippen molar-refractivity contribution in [2.45, 2.75) is 6.04 Å². The summed E-state index contributed by atoms with van der Waals surface area (Å²) in [6, 6.07) is 18.2. The number of ether oxygens (including phenoxy) is 1. The molecular weight excluding hydrogens is 352 g/mol. The molecule has 146 valence electrons. The van der Waals surface area contributed by atoms with Crippen molar-refractivity contribution < 1.29 is 9.53 Å². The van der Waals surface area contributed by atoms with Crippen molar-refractivity contribution in [1.29, 1.82) is 0 Å². The van der Waals surface area contributed by atoms with Crippen molar-refractivity contribution in [3.05, 3.63) is 72.4 Å². The van der Waals surface area contributed by atoms with Crippen LogP contribution in [0.1, 0.15) is 11.6 Å². The zero-order valence-corrected chi connectivity index (χ0v) is 16.1. The van der Waals surface area contributed by atoms with Crippen molar-refractivity contribution in [3.63, 3.8) is 0 Å². The Labute approximate surface area is 166 Å². The van der Waals surface area contributed by atoms with Crippen LogP contribution in [-0.4, -0.2) is 55.6 Å². The van der Waals surface area contributed by atoms with Gasteiger partial charge < -0.3 is 15.1 Å². The van der Waals surface area contributed by atoms with E-state index < -0.39 is 0 Å². The monoisotopic (exact) mass is 378 g/mol. The summed E-state index contributed by atoms with van der Waals surface area (Å²) in [5.74, 6) is 0.962. The van der Waals surface area contributed by atoms with Gasteiger partial charge in [0.2, 0.25) is 0 Å². The average Bonchev–Trinajstić information content (AvgIpc) is 3.25. The molecule has 2 aliphatic rings. The Balaban J connectivity index is 1.31. The molecule has 1 fully saturated rings. The average molecular weight is 378 g/mol. The number of carbonyl (C=O) groups is 1. The SMILES string of the molecule is COc1ccc(N2CCN(CC(=O)N3NC=C[C@@H]3c3ccccc3)CC2)cc1. The summed E-state index contributed by atoms with van der Waals surface area (Å²) in [5, 5.41) is 1.73. The minimum absolute atomic E-state index is 0.0470. The number of anilines is 1. The van der Waals surface area contributed by atoms with Crippen LogP contribution in [0.3, 0.4) is 0 Å². The summed E-state index contributed by atoms with van der Waals surface area (Å²) in [6.07, 6.45) is 3.87. The van der Waals surface area contributed by atoms with Gasteiger partial charge in [0.15, 0.2) is 0 Å². The van der Waals surface area contributed by atoms with E-state index in [9.17, 15) is 4.79 Å². The highest BCUT2D eigenvalue weighted by atomic mass is 16.5. The lowest BCUT2D eigenvalue weighted by Gasteiger charge is -2.36. The second-order valence-corrected chi connectivity index (χ2v) is 7.07. The Hall–Kier alpha value is -2.99. The summed E-state index contributed by atoms with van der Waals surface area (Å²) in [6.45, 7) is 3.99. The van der Waals surface area contributed by atoms with Gasteiger partial charge in [-0.25, -0.2) is 5.01 Å². The van der Waals surface area contributed by atoms with Crippen LogP contribution in [0.4, 0.5) is 5.69 Å². The molecule has 28 heavy (non-hydrogen) atoms. The number of methoxy groups -OCH3 is 1. The van der Waals surface area contributed by atoms with Gasteiger partial charge in [-0.1, -0.05) is 30.3 Å². The van der Waals surface area contributed by atoms with Gasteiger partial charge in [-0.2, -0.15) is 0 Å². The molecule has 0 spiro atoms. The number of carbonyl (C=O) groups excluding carboxylic acids is 1. The first kappa shape index (κ1) is 18.4. The fraction of sp³-hybridized carbons (Fsp3) is 0.318. The maximum Gasteiger partial charge on any atom is 0.255 e. The second kappa shape index (κ2) is 8.35. The number of benzene rings is 2. The zero-order chi connectivity index (χ0) is 19.3. The highest BCUT2D eigenvalue weighted by Crippen LogP contribution is 2.25. The second-order valence-electron chi connectivity index (χ2n) is 7.07. The van der Waals surface area contributed by atoms with Gasteiger partial charge in [0.05, 0.1) is 19.7 Å². The van der Waals surface area contributed by atoms with Gasteiger partial charge in [-0.05, 0) is 35.9 Å². The van der Waals surface area contributed by atoms with Gasteiger partial charge in [0.1, 0.15) is 5.75 Å². The van der Waals surface area contributed by atoms with Crippen LogP contribution in [0, 0.1) is 0 Å². The van der Waals surface area contributed by atoms with Crippen molar-refractivity contribution in [2.24, 2.45) is 0 Å². The van der Waals surface area contributed by atoms with Crippen molar-refractivity contribution in [2.75, 3.05) is 44.7 Å². The first-order valence-corrected chi connectivity index (χ1v) is 9.66. The Kier molecular flexibility index (Phi) is 5.48. The quantitative estimate of drug-likeness (QED) is 0.866. The van der Waals surface area contributed by atoms with Gasteiger partial charge in [-0.3, -0.25) is 9.69 Å². The number of amides is 1. The van der Waals surface area contributed by atoms with Gasteiger partial charge in [0.25, 0.3) is 5.91 Å². The van der Waals surface area contributed by atoms with E-state index >= 15 is 0 Å². The van der Waals surface area contributed by atoms with Crippen LogP contribution in [0.5, 0.6) is 5.75 Å². The summed E-state index contributed by atoms with van der Waals surface area (Å²) in [5.41, 5.74) is 5.40. The third-order valence-electron chi connectivity index (χ3n) is 5.35. The Morgan fingerprint density at radius 3 is 2.43 bits per heavy atom. The molecule has 0 aliphatic carbocycles. The molecule has 1 atom stereocenters. The van der Waals surface area contributed by atoms with E-state index in [4.69, 9.17) is 4.74 Å². The van der Waals surface area contributed by atoms with E-state index in [-0.39, 0.29) is 11.9 Å². The largest absolute Gasteiger partial charge is 0.497 e. The van der Waals surface area contributed by atoms with E-state index in [1.165, 1.54) is 5.69 Å². The number of hydrazine groups is 1. The number of rotatable bonds is 5. The maximum atomic E-state index is 12.9. The van der Waals surface area contributed by atoms with Gasteiger partial charge in [0, 0.05) is 38.1 Å². The molecule has 6 nitrogen and oxygen atoms in total. The lowest BCUT2D eigenvalue weighted by Crippen LogP contribution is -2.51. The molecule has 0 aromatic heterocycles. The van der Waals surface area contributed by atoms with Crippen LogP contribution in [0.2, 0.25) is 0 Å². The molecule has 6 heteroatoms. The summed E-state index contributed by atoms with van der Waals surface area (Å²) >= 11 is 0. The number of nitrogens with one attached hydrogen (secondary N) is 1. The standard InChI is InChI=1S/C22H26N4O2/c1-28-20-9-7-19(8-10-20)25-15-13-24(14-16-25)17-22(27)26-21(11-12-23-26)18-5-3-2-4-6-18/h2-12,21,23H,13-17H2,1H3/t21-/m1/s1. The number of nitrogens with zero attached hydrogens (tertiary/aromatic N) is 3. The molecule has 2 aliphatic heterocycles. The Morgan fingerprint density at radius 1 is 1.04 bits per heavy atom. The minimum atomic E-state index is -0.0470. The molecule has 2 heterocycles. The predicted molar refractivity (Wildman–Crippen MR) is 110 cm³/mol. The fourth-order valence-electron chi connectivity index (χ4n) is 3.74. The lowest BCUT2D eigenvalue weighted by molar-refractivity contribution is -0.135. The third kappa shape index (κ3) is 3.97. The molecule has 0 bridgehead atoms. The molecule has 1 amide bonds.